The molecular weight excluding hydrogens is 354 g/mol. The van der Waals surface area contributed by atoms with Gasteiger partial charge in [-0.05, 0) is 26.0 Å². The Bertz CT molecular complexity index is 943. The minimum absolute atomic E-state index is 0.0700. The molecule has 2 aromatic rings. The lowest BCUT2D eigenvalue weighted by molar-refractivity contribution is 0.0482. The molecule has 0 saturated heterocycles. The highest BCUT2D eigenvalue weighted by molar-refractivity contribution is 6.07. The van der Waals surface area contributed by atoms with Gasteiger partial charge < -0.3 is 24.3 Å². The second-order valence-electron chi connectivity index (χ2n) is 5.40. The topological polar surface area (TPSA) is 115 Å². The third-order valence-electron chi connectivity index (χ3n) is 3.44. The largest absolute Gasteiger partial charge is 0.507 e. The molecule has 1 heterocycles. The number of hydrogen-bond acceptors (Lipinski definition) is 8. The van der Waals surface area contributed by atoms with Gasteiger partial charge >= 0.3 is 11.6 Å². The van der Waals surface area contributed by atoms with Crippen LogP contribution >= 0.6 is 0 Å². The zero-order valence-corrected chi connectivity index (χ0v) is 15.1. The van der Waals surface area contributed by atoms with Gasteiger partial charge in [0, 0.05) is 17.8 Å². The van der Waals surface area contributed by atoms with Gasteiger partial charge in [0.1, 0.15) is 17.1 Å². The molecule has 142 valence electrons. The van der Waals surface area contributed by atoms with Crippen LogP contribution in [0.3, 0.4) is 0 Å². The molecule has 1 aromatic heterocycles. The van der Waals surface area contributed by atoms with E-state index in [0.29, 0.717) is 17.1 Å². The van der Waals surface area contributed by atoms with Crippen molar-refractivity contribution in [3.05, 3.63) is 63.8 Å². The van der Waals surface area contributed by atoms with Gasteiger partial charge in [-0.25, -0.2) is 9.59 Å². The lowest BCUT2D eigenvalue weighted by Gasteiger charge is -2.11. The Balaban J connectivity index is 2.28. The zero-order valence-electron chi connectivity index (χ0n) is 15.1. The maximum Gasteiger partial charge on any atom is 0.374 e. The highest BCUT2D eigenvalue weighted by atomic mass is 16.5. The van der Waals surface area contributed by atoms with E-state index in [1.165, 1.54) is 7.11 Å². The average Bonchev–Trinajstić information content (AvgIpc) is 2.61. The number of carbonyl (C=O) groups is 2. The molecule has 0 fully saturated rings. The van der Waals surface area contributed by atoms with Crippen LogP contribution in [0, 0.1) is 0 Å². The van der Waals surface area contributed by atoms with Crippen LogP contribution in [0.2, 0.25) is 0 Å². The number of allylic oxidation sites excluding steroid dienone is 2. The fraction of sp³-hybridized carbons (Fsp3) is 0.211. The molecule has 27 heavy (non-hydrogen) atoms. The first-order chi connectivity index (χ1) is 12.9. The van der Waals surface area contributed by atoms with Crippen LogP contribution in [-0.2, 0) is 4.74 Å². The molecule has 0 aliphatic carbocycles. The van der Waals surface area contributed by atoms with E-state index < -0.39 is 34.5 Å². The van der Waals surface area contributed by atoms with Crippen LogP contribution in [0.5, 0.6) is 11.5 Å². The highest BCUT2D eigenvalue weighted by Crippen LogP contribution is 2.24. The lowest BCUT2D eigenvalue weighted by atomic mass is 10.1. The minimum Gasteiger partial charge on any atom is -0.507 e. The normalized spacial score (nSPS) is 11.0. The smallest absolute Gasteiger partial charge is 0.374 e. The van der Waals surface area contributed by atoms with Gasteiger partial charge in [0.15, 0.2) is 5.78 Å². The third-order valence-corrected chi connectivity index (χ3v) is 3.44. The van der Waals surface area contributed by atoms with E-state index in [0.717, 1.165) is 12.1 Å². The second kappa shape index (κ2) is 8.70. The molecule has 0 bridgehead atoms. The van der Waals surface area contributed by atoms with E-state index in [1.54, 1.807) is 38.1 Å². The summed E-state index contributed by atoms with van der Waals surface area (Å²) in [5.41, 5.74) is -0.693. The summed E-state index contributed by atoms with van der Waals surface area (Å²) >= 11 is 0. The second-order valence-corrected chi connectivity index (χ2v) is 5.40. The molecule has 0 atom stereocenters. The Labute approximate surface area is 155 Å². The molecule has 8 nitrogen and oxygen atoms in total. The summed E-state index contributed by atoms with van der Waals surface area (Å²) in [6, 6.07) is 7.95. The summed E-state index contributed by atoms with van der Waals surface area (Å²) in [6.07, 6.45) is 1.13. The molecule has 1 aromatic carbocycles. The summed E-state index contributed by atoms with van der Waals surface area (Å²) < 4.78 is 14.7. The van der Waals surface area contributed by atoms with Gasteiger partial charge in [0.25, 0.3) is 0 Å². The molecule has 2 rings (SSSR count). The Hall–Kier alpha value is -3.55. The van der Waals surface area contributed by atoms with Gasteiger partial charge in [-0.15, -0.1) is 0 Å². The fourth-order valence-electron chi connectivity index (χ4n) is 2.28. The number of benzene rings is 1. The first kappa shape index (κ1) is 19.8. The van der Waals surface area contributed by atoms with Crippen LogP contribution in [-0.4, -0.2) is 30.6 Å². The van der Waals surface area contributed by atoms with Gasteiger partial charge in [0.2, 0.25) is 5.76 Å². The number of methoxy groups -OCH3 is 1. The summed E-state index contributed by atoms with van der Waals surface area (Å²) in [4.78, 5) is 36.0. The average molecular weight is 373 g/mol. The van der Waals surface area contributed by atoms with Crippen molar-refractivity contribution in [3.8, 4) is 11.5 Å². The highest BCUT2D eigenvalue weighted by Gasteiger charge is 2.21. The van der Waals surface area contributed by atoms with Gasteiger partial charge in [-0.3, -0.25) is 4.79 Å². The number of ether oxygens (including phenoxy) is 2. The first-order valence-electron chi connectivity index (χ1n) is 8.04. The molecule has 0 amide bonds. The van der Waals surface area contributed by atoms with Crippen molar-refractivity contribution in [2.45, 2.75) is 13.8 Å². The predicted octanol–water partition coefficient (Wildman–Crippen LogP) is 2.73. The van der Waals surface area contributed by atoms with Gasteiger partial charge in [-0.2, -0.15) is 0 Å². The van der Waals surface area contributed by atoms with Crippen molar-refractivity contribution in [2.24, 2.45) is 0 Å². The number of hydrogen-bond donors (Lipinski definition) is 2. The number of carbonyl (C=O) groups excluding carboxylic acids is 2. The number of para-hydroxylation sites is 2. The standard InChI is InChI=1S/C19H19NO7/c1-4-26-18(23)16-10-14(22)17(19(24)27-16)13(21)9-11(2)20-12-7-5-6-8-15(12)25-3/h5-10,20,22H,4H2,1-3H3/b11-9-. The molecular formula is C19H19NO7. The number of aromatic hydroxyl groups is 1. The maximum atomic E-state index is 12.4. The van der Waals surface area contributed by atoms with Gasteiger partial charge in [-0.1, -0.05) is 12.1 Å². The van der Waals surface area contributed by atoms with Crippen LogP contribution < -0.4 is 15.7 Å². The van der Waals surface area contributed by atoms with Gasteiger partial charge in [0.05, 0.1) is 19.4 Å². The predicted molar refractivity (Wildman–Crippen MR) is 97.3 cm³/mol. The van der Waals surface area contributed by atoms with E-state index >= 15 is 0 Å². The molecule has 0 spiro atoms. The van der Waals surface area contributed by atoms with Crippen molar-refractivity contribution in [3.63, 3.8) is 0 Å². The number of esters is 1. The number of nitrogens with one attached hydrogen (secondary N) is 1. The molecule has 0 unspecified atom stereocenters. The van der Waals surface area contributed by atoms with E-state index in [-0.39, 0.29) is 6.61 Å². The van der Waals surface area contributed by atoms with E-state index in [2.05, 4.69) is 10.1 Å². The summed E-state index contributed by atoms with van der Waals surface area (Å²) in [7, 11) is 1.51. The Kier molecular flexibility index (Phi) is 6.37. The zero-order chi connectivity index (χ0) is 20.0. The van der Waals surface area contributed by atoms with Crippen molar-refractivity contribution >= 4 is 17.4 Å². The molecule has 0 aliphatic rings. The summed E-state index contributed by atoms with van der Waals surface area (Å²) in [5.74, 6) is -2.27. The summed E-state index contributed by atoms with van der Waals surface area (Å²) in [5, 5.41) is 13.0. The minimum atomic E-state index is -1.13. The number of ketones is 1. The van der Waals surface area contributed by atoms with E-state index in [9.17, 15) is 19.5 Å². The van der Waals surface area contributed by atoms with E-state index in [4.69, 9.17) is 9.15 Å². The first-order valence-corrected chi connectivity index (χ1v) is 8.04. The number of anilines is 1. The van der Waals surface area contributed by atoms with Crippen molar-refractivity contribution in [2.75, 3.05) is 19.0 Å². The molecule has 8 heteroatoms. The Morgan fingerprint density at radius 1 is 1.30 bits per heavy atom. The molecule has 0 saturated carbocycles. The van der Waals surface area contributed by atoms with E-state index in [1.807, 2.05) is 0 Å². The lowest BCUT2D eigenvalue weighted by Crippen LogP contribution is -2.17. The third kappa shape index (κ3) is 4.75. The van der Waals surface area contributed by atoms with Crippen molar-refractivity contribution in [1.82, 2.24) is 0 Å². The SMILES string of the molecule is CCOC(=O)c1cc(O)c(C(=O)/C=C(/C)Nc2ccccc2OC)c(=O)o1. The van der Waals surface area contributed by atoms with Crippen LogP contribution in [0.4, 0.5) is 5.69 Å². The quantitative estimate of drug-likeness (QED) is 0.432. The van der Waals surface area contributed by atoms with Crippen molar-refractivity contribution < 1.29 is 28.6 Å². The summed E-state index contributed by atoms with van der Waals surface area (Å²) in [6.45, 7) is 3.26. The Morgan fingerprint density at radius 2 is 2.00 bits per heavy atom. The Morgan fingerprint density at radius 3 is 2.63 bits per heavy atom. The number of rotatable bonds is 7. The van der Waals surface area contributed by atoms with Crippen LogP contribution in [0.15, 0.2) is 51.3 Å². The molecule has 0 radical (unpaired) electrons. The molecule has 0 aliphatic heterocycles. The maximum absolute atomic E-state index is 12.4. The van der Waals surface area contributed by atoms with Crippen LogP contribution in [0.25, 0.3) is 0 Å². The van der Waals surface area contributed by atoms with Crippen LogP contribution in [0.1, 0.15) is 34.8 Å². The molecule has 2 N–H and O–H groups in total. The monoisotopic (exact) mass is 373 g/mol. The fourth-order valence-corrected chi connectivity index (χ4v) is 2.28. The van der Waals surface area contributed by atoms with Crippen molar-refractivity contribution in [1.29, 1.82) is 0 Å².